The molecule has 1 heterocycles. The molecule has 188 valence electrons. The zero-order valence-corrected chi connectivity index (χ0v) is 21.7. The van der Waals surface area contributed by atoms with Crippen LogP contribution in [0.3, 0.4) is 0 Å². The Labute approximate surface area is 217 Å². The van der Waals surface area contributed by atoms with Gasteiger partial charge in [0, 0.05) is 41.5 Å². The highest BCUT2D eigenvalue weighted by Crippen LogP contribution is 2.37. The number of carbonyl (C=O) groups excluding carboxylic acids is 3. The largest absolute Gasteiger partial charge is 0.352 e. The van der Waals surface area contributed by atoms with Crippen molar-refractivity contribution in [2.45, 2.75) is 58.7 Å². The van der Waals surface area contributed by atoms with Crippen molar-refractivity contribution in [3.8, 4) is 0 Å². The summed E-state index contributed by atoms with van der Waals surface area (Å²) < 4.78 is 0. The Morgan fingerprint density at radius 2 is 1.75 bits per heavy atom. The summed E-state index contributed by atoms with van der Waals surface area (Å²) in [5, 5.41) is 5.52. The monoisotopic (exact) mass is 505 g/mol. The maximum absolute atomic E-state index is 13.4. The molecule has 0 unspecified atom stereocenters. The van der Waals surface area contributed by atoms with Crippen molar-refractivity contribution in [3.05, 3.63) is 76.8 Å². The van der Waals surface area contributed by atoms with Gasteiger partial charge in [0.2, 0.25) is 11.8 Å². The molecule has 0 radical (unpaired) electrons. The molecule has 1 N–H and O–H groups in total. The van der Waals surface area contributed by atoms with Crippen LogP contribution < -0.4 is 10.2 Å². The van der Waals surface area contributed by atoms with Gasteiger partial charge in [-0.2, -0.15) is 0 Å². The third-order valence-corrected chi connectivity index (χ3v) is 7.26. The third kappa shape index (κ3) is 5.24. The van der Waals surface area contributed by atoms with Crippen LogP contribution in [-0.2, 0) is 16.1 Å². The number of hydrogen-bond acceptors (Lipinski definition) is 3. The van der Waals surface area contributed by atoms with E-state index in [4.69, 9.17) is 11.6 Å². The summed E-state index contributed by atoms with van der Waals surface area (Å²) in [5.41, 5.74) is 2.37. The molecule has 0 bridgehead atoms. The summed E-state index contributed by atoms with van der Waals surface area (Å²) in [6.45, 7) is 6.34. The molecule has 0 saturated carbocycles. The van der Waals surface area contributed by atoms with Crippen LogP contribution in [0.1, 0.15) is 56.0 Å². The van der Waals surface area contributed by atoms with Crippen molar-refractivity contribution in [3.63, 3.8) is 0 Å². The van der Waals surface area contributed by atoms with Gasteiger partial charge in [0.1, 0.15) is 6.04 Å². The van der Waals surface area contributed by atoms with Crippen LogP contribution in [0.15, 0.2) is 60.7 Å². The number of benzene rings is 3. The van der Waals surface area contributed by atoms with Crippen LogP contribution in [0.4, 0.5) is 5.69 Å². The van der Waals surface area contributed by atoms with Crippen LogP contribution in [0.2, 0.25) is 5.02 Å². The summed E-state index contributed by atoms with van der Waals surface area (Å²) in [6.07, 6.45) is 1.49. The van der Waals surface area contributed by atoms with Crippen LogP contribution in [0.5, 0.6) is 0 Å². The maximum Gasteiger partial charge on any atom is 0.258 e. The van der Waals surface area contributed by atoms with Crippen LogP contribution in [0, 0.1) is 0 Å². The minimum atomic E-state index is -0.658. The molecule has 1 aliphatic rings. The molecule has 1 aliphatic heterocycles. The summed E-state index contributed by atoms with van der Waals surface area (Å²) in [6, 6.07) is 18.3. The van der Waals surface area contributed by atoms with Gasteiger partial charge in [0.25, 0.3) is 5.91 Å². The number of nitrogens with zero attached hydrogens (tertiary/aromatic N) is 2. The molecule has 6 nitrogen and oxygen atoms in total. The van der Waals surface area contributed by atoms with E-state index in [1.807, 2.05) is 68.4 Å². The number of rotatable bonds is 10. The van der Waals surface area contributed by atoms with Gasteiger partial charge in [-0.05, 0) is 55.8 Å². The van der Waals surface area contributed by atoms with Gasteiger partial charge in [-0.1, -0.05) is 61.0 Å². The first-order valence-corrected chi connectivity index (χ1v) is 12.9. The van der Waals surface area contributed by atoms with Crippen LogP contribution in [0.25, 0.3) is 10.8 Å². The van der Waals surface area contributed by atoms with E-state index in [1.165, 1.54) is 0 Å². The van der Waals surface area contributed by atoms with Crippen LogP contribution >= 0.6 is 11.6 Å². The zero-order chi connectivity index (χ0) is 25.8. The zero-order valence-electron chi connectivity index (χ0n) is 21.0. The van der Waals surface area contributed by atoms with E-state index in [2.05, 4.69) is 5.32 Å². The van der Waals surface area contributed by atoms with Gasteiger partial charge in [-0.25, -0.2) is 0 Å². The van der Waals surface area contributed by atoms with E-state index in [9.17, 15) is 14.4 Å². The first kappa shape index (κ1) is 25.7. The molecule has 0 fully saturated rings. The minimum absolute atomic E-state index is 0.0164. The van der Waals surface area contributed by atoms with E-state index in [0.29, 0.717) is 23.6 Å². The molecular weight excluding hydrogens is 474 g/mol. The van der Waals surface area contributed by atoms with Gasteiger partial charge in [0.05, 0.1) is 5.69 Å². The highest BCUT2D eigenvalue weighted by atomic mass is 35.5. The molecule has 0 aromatic heterocycles. The van der Waals surface area contributed by atoms with Crippen molar-refractivity contribution in [2.75, 3.05) is 11.4 Å². The van der Waals surface area contributed by atoms with Crippen LogP contribution in [-0.4, -0.2) is 41.2 Å². The Hall–Kier alpha value is -3.38. The Kier molecular flexibility index (Phi) is 7.94. The van der Waals surface area contributed by atoms with Gasteiger partial charge in [-0.15, -0.1) is 0 Å². The number of halogens is 1. The second-order valence-electron chi connectivity index (χ2n) is 9.35. The first-order chi connectivity index (χ1) is 17.3. The van der Waals surface area contributed by atoms with Crippen molar-refractivity contribution in [2.24, 2.45) is 0 Å². The third-order valence-electron chi connectivity index (χ3n) is 6.89. The second kappa shape index (κ2) is 11.1. The van der Waals surface area contributed by atoms with E-state index in [0.717, 1.165) is 28.4 Å². The topological polar surface area (TPSA) is 69.7 Å². The Balaban J connectivity index is 1.47. The lowest BCUT2D eigenvalue weighted by Gasteiger charge is -2.30. The van der Waals surface area contributed by atoms with E-state index < -0.39 is 6.04 Å². The van der Waals surface area contributed by atoms with Gasteiger partial charge in [-0.3, -0.25) is 14.4 Å². The average Bonchev–Trinajstić information content (AvgIpc) is 3.15. The van der Waals surface area contributed by atoms with E-state index in [1.54, 1.807) is 22.8 Å². The Bertz CT molecular complexity index is 1290. The molecule has 0 saturated heterocycles. The highest BCUT2D eigenvalue weighted by Gasteiger charge is 2.30. The fraction of sp³-hybridized carbons (Fsp3) is 0.345. The SMILES string of the molecule is CC[C@H](C)NC(=O)[C@@H](C)N(Cc1ccccc1Cl)C(=O)CCCN1C(=O)c2cccc3cccc1c23. The predicted molar refractivity (Wildman–Crippen MR) is 144 cm³/mol. The van der Waals surface area contributed by atoms with Gasteiger partial charge in [0.15, 0.2) is 0 Å². The summed E-state index contributed by atoms with van der Waals surface area (Å²) in [7, 11) is 0. The summed E-state index contributed by atoms with van der Waals surface area (Å²) >= 11 is 6.37. The number of amides is 3. The maximum atomic E-state index is 13.4. The highest BCUT2D eigenvalue weighted by molar-refractivity contribution is 6.31. The average molecular weight is 506 g/mol. The lowest BCUT2D eigenvalue weighted by atomic mass is 10.1. The van der Waals surface area contributed by atoms with E-state index >= 15 is 0 Å². The Morgan fingerprint density at radius 1 is 1.03 bits per heavy atom. The molecule has 0 spiro atoms. The molecule has 7 heteroatoms. The number of hydrogen-bond donors (Lipinski definition) is 1. The van der Waals surface area contributed by atoms with Crippen molar-refractivity contribution >= 4 is 45.8 Å². The van der Waals surface area contributed by atoms with E-state index in [-0.39, 0.29) is 36.7 Å². The summed E-state index contributed by atoms with van der Waals surface area (Å²) in [5.74, 6) is -0.380. The molecule has 3 amide bonds. The quantitative estimate of drug-likeness (QED) is 0.392. The number of nitrogens with one attached hydrogen (secondary N) is 1. The fourth-order valence-corrected chi connectivity index (χ4v) is 4.79. The van der Waals surface area contributed by atoms with Crippen molar-refractivity contribution in [1.82, 2.24) is 10.2 Å². The summed E-state index contributed by atoms with van der Waals surface area (Å²) in [4.78, 5) is 42.7. The molecule has 36 heavy (non-hydrogen) atoms. The molecule has 2 atom stereocenters. The predicted octanol–water partition coefficient (Wildman–Crippen LogP) is 5.57. The second-order valence-corrected chi connectivity index (χ2v) is 9.76. The van der Waals surface area contributed by atoms with Crippen molar-refractivity contribution < 1.29 is 14.4 Å². The minimum Gasteiger partial charge on any atom is -0.352 e. The lowest BCUT2D eigenvalue weighted by Crippen LogP contribution is -2.49. The standard InChI is InChI=1S/C29H32ClN3O3/c1-4-19(2)31-28(35)20(3)33(18-22-10-5-6-14-24(22)30)26(34)16-9-17-32-25-15-8-12-21-11-7-13-23(27(21)25)29(32)36/h5-8,10-15,19-20H,4,9,16-18H2,1-3H3,(H,31,35)/t19-,20+/m0/s1. The smallest absolute Gasteiger partial charge is 0.258 e. The fourth-order valence-electron chi connectivity index (χ4n) is 4.59. The van der Waals surface area contributed by atoms with Crippen molar-refractivity contribution in [1.29, 1.82) is 0 Å². The molecule has 3 aromatic carbocycles. The van der Waals surface area contributed by atoms with Gasteiger partial charge < -0.3 is 15.1 Å². The molecule has 4 rings (SSSR count). The lowest BCUT2D eigenvalue weighted by molar-refractivity contribution is -0.140. The first-order valence-electron chi connectivity index (χ1n) is 12.5. The number of carbonyl (C=O) groups is 3. The molecular formula is C29H32ClN3O3. The molecule has 3 aromatic rings. The number of anilines is 1. The molecule has 0 aliphatic carbocycles. The van der Waals surface area contributed by atoms with Gasteiger partial charge >= 0.3 is 0 Å². The Morgan fingerprint density at radius 3 is 2.47 bits per heavy atom. The normalized spacial score (nSPS) is 14.1.